The Morgan fingerprint density at radius 1 is 1.47 bits per heavy atom. The first-order valence-corrected chi connectivity index (χ1v) is 6.25. The lowest BCUT2D eigenvalue weighted by atomic mass is 9.98. The second-order valence-corrected chi connectivity index (χ2v) is 5.03. The zero-order chi connectivity index (χ0) is 13.9. The van der Waals surface area contributed by atoms with Gasteiger partial charge in [-0.2, -0.15) is 5.10 Å². The number of amides is 2. The van der Waals surface area contributed by atoms with E-state index in [9.17, 15) is 9.59 Å². The maximum atomic E-state index is 12.1. The number of nitrogens with one attached hydrogen (secondary N) is 1. The number of hydrogen-bond acceptors (Lipinski definition) is 3. The van der Waals surface area contributed by atoms with E-state index in [1.165, 1.54) is 0 Å². The Hall–Kier alpha value is -2.11. The van der Waals surface area contributed by atoms with Crippen LogP contribution < -0.4 is 11.1 Å². The number of carbonyl (C=O) groups excluding carboxylic acids is 2. The van der Waals surface area contributed by atoms with Crippen molar-refractivity contribution in [3.8, 4) is 0 Å². The minimum absolute atomic E-state index is 0.101. The molecule has 1 aromatic rings. The summed E-state index contributed by atoms with van der Waals surface area (Å²) in [6, 6.07) is 1.75. The summed E-state index contributed by atoms with van der Waals surface area (Å²) in [6.07, 6.45) is 8.71. The van der Waals surface area contributed by atoms with Crippen LogP contribution in [0.25, 0.3) is 0 Å². The van der Waals surface area contributed by atoms with Gasteiger partial charge in [-0.05, 0) is 25.8 Å². The van der Waals surface area contributed by atoms with Crippen molar-refractivity contribution in [2.75, 3.05) is 0 Å². The molecule has 102 valence electrons. The van der Waals surface area contributed by atoms with Gasteiger partial charge in [0.05, 0.1) is 6.54 Å². The fourth-order valence-electron chi connectivity index (χ4n) is 2.10. The average Bonchev–Trinajstić information content (AvgIpc) is 3.00. The van der Waals surface area contributed by atoms with Gasteiger partial charge < -0.3 is 11.1 Å². The van der Waals surface area contributed by atoms with Crippen molar-refractivity contribution in [2.24, 2.45) is 11.7 Å². The van der Waals surface area contributed by atoms with Crippen molar-refractivity contribution < 1.29 is 9.59 Å². The molecule has 0 radical (unpaired) electrons. The van der Waals surface area contributed by atoms with Crippen LogP contribution in [0, 0.1) is 5.92 Å². The van der Waals surface area contributed by atoms with Gasteiger partial charge >= 0.3 is 0 Å². The highest BCUT2D eigenvalue weighted by Gasteiger charge is 2.35. The van der Waals surface area contributed by atoms with Crippen LogP contribution in [-0.4, -0.2) is 27.1 Å². The standard InChI is InChI=1S/C13H18N4O2/c1-13(12(14)19,9-17-8-4-7-15-17)16-11(18)10-5-2-3-6-10/h2-4,7-8,10H,5-6,9H2,1H3,(H2,14,19)(H,16,18). The van der Waals surface area contributed by atoms with Crippen LogP contribution in [0.3, 0.4) is 0 Å². The fraction of sp³-hybridized carbons (Fsp3) is 0.462. The van der Waals surface area contributed by atoms with Gasteiger partial charge in [-0.3, -0.25) is 14.3 Å². The molecule has 0 aliphatic heterocycles. The molecule has 0 saturated heterocycles. The third-order valence-electron chi connectivity index (χ3n) is 3.36. The largest absolute Gasteiger partial charge is 0.368 e. The summed E-state index contributed by atoms with van der Waals surface area (Å²) in [6.45, 7) is 1.85. The van der Waals surface area contributed by atoms with E-state index in [4.69, 9.17) is 5.73 Å². The van der Waals surface area contributed by atoms with Crippen LogP contribution in [0.1, 0.15) is 19.8 Å². The van der Waals surface area contributed by atoms with Gasteiger partial charge in [-0.25, -0.2) is 0 Å². The minimum Gasteiger partial charge on any atom is -0.368 e. The Morgan fingerprint density at radius 2 is 2.16 bits per heavy atom. The van der Waals surface area contributed by atoms with Gasteiger partial charge in [0.2, 0.25) is 11.8 Å². The van der Waals surface area contributed by atoms with Crippen molar-refractivity contribution in [2.45, 2.75) is 31.8 Å². The van der Waals surface area contributed by atoms with Crippen LogP contribution in [0.4, 0.5) is 0 Å². The predicted octanol–water partition coefficient (Wildman–Crippen LogP) is 0.210. The lowest BCUT2D eigenvalue weighted by Gasteiger charge is -2.28. The second kappa shape index (κ2) is 5.26. The fourth-order valence-corrected chi connectivity index (χ4v) is 2.10. The summed E-state index contributed by atoms with van der Waals surface area (Å²) in [5, 5.41) is 6.79. The van der Waals surface area contributed by atoms with E-state index in [1.807, 2.05) is 12.2 Å². The molecule has 6 heteroatoms. The number of primary amides is 1. The first kappa shape index (κ1) is 13.3. The van der Waals surface area contributed by atoms with Gasteiger partial charge in [0.25, 0.3) is 0 Å². The molecule has 19 heavy (non-hydrogen) atoms. The van der Waals surface area contributed by atoms with Crippen molar-refractivity contribution in [3.05, 3.63) is 30.6 Å². The van der Waals surface area contributed by atoms with E-state index in [2.05, 4.69) is 10.4 Å². The maximum absolute atomic E-state index is 12.1. The van der Waals surface area contributed by atoms with E-state index in [0.717, 1.165) is 0 Å². The maximum Gasteiger partial charge on any atom is 0.244 e. The Kier molecular flexibility index (Phi) is 3.69. The number of rotatable bonds is 5. The zero-order valence-electron chi connectivity index (χ0n) is 10.9. The number of carbonyl (C=O) groups is 2. The Bertz CT molecular complexity index is 487. The van der Waals surface area contributed by atoms with Crippen LogP contribution in [0.15, 0.2) is 30.6 Å². The number of nitrogens with two attached hydrogens (primary N) is 1. The summed E-state index contributed by atoms with van der Waals surface area (Å²) < 4.78 is 1.58. The average molecular weight is 262 g/mol. The molecular weight excluding hydrogens is 244 g/mol. The molecule has 0 aromatic carbocycles. The van der Waals surface area contributed by atoms with Crippen LogP contribution in [0.2, 0.25) is 0 Å². The molecule has 0 fully saturated rings. The van der Waals surface area contributed by atoms with Crippen molar-refractivity contribution in [1.82, 2.24) is 15.1 Å². The molecule has 2 rings (SSSR count). The summed E-state index contributed by atoms with van der Waals surface area (Å²) in [5.41, 5.74) is 4.29. The highest BCUT2D eigenvalue weighted by atomic mass is 16.2. The van der Waals surface area contributed by atoms with Gasteiger partial charge in [-0.15, -0.1) is 0 Å². The monoisotopic (exact) mass is 262 g/mol. The predicted molar refractivity (Wildman–Crippen MR) is 69.8 cm³/mol. The molecule has 1 aliphatic rings. The number of allylic oxidation sites excluding steroid dienone is 2. The van der Waals surface area contributed by atoms with Crippen LogP contribution in [0.5, 0.6) is 0 Å². The summed E-state index contributed by atoms with van der Waals surface area (Å²) in [4.78, 5) is 23.8. The Morgan fingerprint density at radius 3 is 2.68 bits per heavy atom. The van der Waals surface area contributed by atoms with E-state index in [1.54, 1.807) is 30.1 Å². The molecule has 0 saturated carbocycles. The Labute approximate surface area is 111 Å². The number of hydrogen-bond donors (Lipinski definition) is 2. The van der Waals surface area contributed by atoms with Gasteiger partial charge in [0, 0.05) is 18.3 Å². The van der Waals surface area contributed by atoms with Crippen LogP contribution >= 0.6 is 0 Å². The van der Waals surface area contributed by atoms with Crippen molar-refractivity contribution in [3.63, 3.8) is 0 Å². The SMILES string of the molecule is CC(Cn1cccn1)(NC(=O)C1CC=CC1)C(N)=O. The second-order valence-electron chi connectivity index (χ2n) is 5.03. The topological polar surface area (TPSA) is 90.0 Å². The molecule has 0 bridgehead atoms. The zero-order valence-corrected chi connectivity index (χ0v) is 10.9. The van der Waals surface area contributed by atoms with Gasteiger partial charge in [0.1, 0.15) is 5.54 Å². The van der Waals surface area contributed by atoms with E-state index < -0.39 is 11.4 Å². The molecule has 1 unspecified atom stereocenters. The first-order chi connectivity index (χ1) is 9.01. The lowest BCUT2D eigenvalue weighted by Crippen LogP contribution is -2.58. The molecule has 1 heterocycles. The molecule has 2 amide bonds. The van der Waals surface area contributed by atoms with Crippen LogP contribution in [-0.2, 0) is 16.1 Å². The van der Waals surface area contributed by atoms with Gasteiger partial charge in [0.15, 0.2) is 0 Å². The molecule has 1 aliphatic carbocycles. The third-order valence-corrected chi connectivity index (χ3v) is 3.36. The molecule has 3 N–H and O–H groups in total. The summed E-state index contributed by atoms with van der Waals surface area (Å²) >= 11 is 0. The van der Waals surface area contributed by atoms with Crippen molar-refractivity contribution in [1.29, 1.82) is 0 Å². The normalized spacial score (nSPS) is 18.2. The highest BCUT2D eigenvalue weighted by molar-refractivity contribution is 5.90. The lowest BCUT2D eigenvalue weighted by molar-refractivity contribution is -0.133. The third kappa shape index (κ3) is 3.01. The molecule has 0 spiro atoms. The Balaban J connectivity index is 2.06. The summed E-state index contributed by atoms with van der Waals surface area (Å²) in [5.74, 6) is -0.808. The minimum atomic E-state index is -1.13. The number of nitrogens with zero attached hydrogens (tertiary/aromatic N) is 2. The van der Waals surface area contributed by atoms with E-state index in [-0.39, 0.29) is 18.4 Å². The van der Waals surface area contributed by atoms with E-state index >= 15 is 0 Å². The molecule has 1 atom stereocenters. The molecular formula is C13H18N4O2. The van der Waals surface area contributed by atoms with E-state index in [0.29, 0.717) is 12.8 Å². The molecule has 6 nitrogen and oxygen atoms in total. The quantitative estimate of drug-likeness (QED) is 0.743. The summed E-state index contributed by atoms with van der Waals surface area (Å²) in [7, 11) is 0. The molecule has 1 aromatic heterocycles. The highest BCUT2D eigenvalue weighted by Crippen LogP contribution is 2.19. The number of aromatic nitrogens is 2. The smallest absolute Gasteiger partial charge is 0.244 e. The van der Waals surface area contributed by atoms with Crippen molar-refractivity contribution >= 4 is 11.8 Å². The first-order valence-electron chi connectivity index (χ1n) is 6.25. The van der Waals surface area contributed by atoms with Gasteiger partial charge in [-0.1, -0.05) is 12.2 Å².